The topological polar surface area (TPSA) is 66.5 Å². The molecule has 1 aliphatic heterocycles. The zero-order valence-corrected chi connectivity index (χ0v) is 15.6. The predicted octanol–water partition coefficient (Wildman–Crippen LogP) is 3.74. The summed E-state index contributed by atoms with van der Waals surface area (Å²) in [5.74, 6) is -1.13. The van der Waals surface area contributed by atoms with Gasteiger partial charge in [0, 0.05) is 18.8 Å². The number of carbonyl (C=O) groups is 1. The number of hydrogen-bond donors (Lipinski definition) is 1. The van der Waals surface area contributed by atoms with E-state index in [2.05, 4.69) is 5.32 Å². The van der Waals surface area contributed by atoms with Crippen LogP contribution in [0.25, 0.3) is 0 Å². The molecule has 2 aromatic rings. The molecule has 28 heavy (non-hydrogen) atoms. The summed E-state index contributed by atoms with van der Waals surface area (Å²) in [6, 6.07) is 12.3. The lowest BCUT2D eigenvalue weighted by Crippen LogP contribution is -2.43. The first kappa shape index (κ1) is 20.3. The van der Waals surface area contributed by atoms with Crippen molar-refractivity contribution in [1.29, 1.82) is 0 Å². The van der Waals surface area contributed by atoms with Crippen molar-refractivity contribution >= 4 is 21.6 Å². The van der Waals surface area contributed by atoms with Gasteiger partial charge in [-0.2, -0.15) is 17.5 Å². The van der Waals surface area contributed by atoms with Gasteiger partial charge in [-0.3, -0.25) is 4.79 Å². The monoisotopic (exact) mass is 412 g/mol. The minimum Gasteiger partial charge on any atom is -0.326 e. The van der Waals surface area contributed by atoms with Crippen LogP contribution in [0.5, 0.6) is 0 Å². The number of sulfonamides is 1. The molecule has 1 fully saturated rings. The third-order valence-corrected chi connectivity index (χ3v) is 6.47. The number of nitrogens with one attached hydrogen (secondary N) is 1. The van der Waals surface area contributed by atoms with Crippen molar-refractivity contribution in [3.8, 4) is 0 Å². The van der Waals surface area contributed by atoms with Crippen LogP contribution in [0, 0.1) is 5.92 Å². The van der Waals surface area contributed by atoms with Crippen molar-refractivity contribution in [2.45, 2.75) is 23.9 Å². The molecular formula is C19H19F3N2O3S. The molecule has 0 spiro atoms. The van der Waals surface area contributed by atoms with Crippen LogP contribution in [-0.2, 0) is 21.0 Å². The number of alkyl halides is 3. The summed E-state index contributed by atoms with van der Waals surface area (Å²) in [5.41, 5.74) is -0.829. The molecule has 0 saturated carbocycles. The normalized spacial score (nSPS) is 18.6. The Morgan fingerprint density at radius 2 is 1.79 bits per heavy atom. The molecule has 0 unspecified atom stereocenters. The highest BCUT2D eigenvalue weighted by Crippen LogP contribution is 2.31. The summed E-state index contributed by atoms with van der Waals surface area (Å²) in [7, 11) is -3.72. The number of halogens is 3. The van der Waals surface area contributed by atoms with Crippen LogP contribution in [0.4, 0.5) is 18.9 Å². The van der Waals surface area contributed by atoms with Crippen LogP contribution in [0.2, 0.25) is 0 Å². The Hall–Kier alpha value is -2.39. The van der Waals surface area contributed by atoms with Crippen LogP contribution >= 0.6 is 0 Å². The first-order valence-corrected chi connectivity index (χ1v) is 10.2. The van der Waals surface area contributed by atoms with Gasteiger partial charge in [-0.15, -0.1) is 0 Å². The van der Waals surface area contributed by atoms with Gasteiger partial charge in [-0.05, 0) is 43.2 Å². The summed E-state index contributed by atoms with van der Waals surface area (Å²) in [6.07, 6.45) is -3.55. The Labute approximate surface area is 161 Å². The standard InChI is InChI=1S/C19H19F3N2O3S/c20-19(21,22)15-7-4-8-16(12-15)23-18(25)14-6-5-11-24(13-14)28(26,27)17-9-2-1-3-10-17/h1-4,7-10,12,14H,5-6,11,13H2,(H,23,25)/t14-/m0/s1. The first-order chi connectivity index (χ1) is 13.2. The van der Waals surface area contributed by atoms with Gasteiger partial charge < -0.3 is 5.32 Å². The summed E-state index contributed by atoms with van der Waals surface area (Å²) < 4.78 is 65.2. The molecule has 1 N–H and O–H groups in total. The lowest BCUT2D eigenvalue weighted by molar-refractivity contribution is -0.137. The van der Waals surface area contributed by atoms with Gasteiger partial charge in [0.1, 0.15) is 0 Å². The Kier molecular flexibility index (Phi) is 5.76. The number of nitrogens with zero attached hydrogens (tertiary/aromatic N) is 1. The molecule has 5 nitrogen and oxygen atoms in total. The second kappa shape index (κ2) is 7.92. The summed E-state index contributed by atoms with van der Waals surface area (Å²) in [5, 5.41) is 2.48. The zero-order valence-electron chi connectivity index (χ0n) is 14.8. The molecule has 2 aromatic carbocycles. The fraction of sp³-hybridized carbons (Fsp3) is 0.316. The second-order valence-corrected chi connectivity index (χ2v) is 8.52. The molecule has 9 heteroatoms. The number of hydrogen-bond acceptors (Lipinski definition) is 3. The van der Waals surface area contributed by atoms with Crippen molar-refractivity contribution in [2.24, 2.45) is 5.92 Å². The van der Waals surface area contributed by atoms with Crippen molar-refractivity contribution in [3.63, 3.8) is 0 Å². The van der Waals surface area contributed by atoms with Crippen LogP contribution in [0.3, 0.4) is 0 Å². The molecule has 0 aromatic heterocycles. The van der Waals surface area contributed by atoms with E-state index in [1.165, 1.54) is 28.6 Å². The number of anilines is 1. The number of benzene rings is 2. The molecule has 0 bridgehead atoms. The van der Waals surface area contributed by atoms with E-state index in [0.29, 0.717) is 19.4 Å². The maximum Gasteiger partial charge on any atom is 0.416 e. The van der Waals surface area contributed by atoms with E-state index >= 15 is 0 Å². The average Bonchev–Trinajstić information content (AvgIpc) is 2.68. The Balaban J connectivity index is 1.72. The van der Waals surface area contributed by atoms with Crippen molar-refractivity contribution in [1.82, 2.24) is 4.31 Å². The molecule has 1 amide bonds. The second-order valence-electron chi connectivity index (χ2n) is 6.58. The fourth-order valence-electron chi connectivity index (χ4n) is 3.13. The van der Waals surface area contributed by atoms with Crippen molar-refractivity contribution in [2.75, 3.05) is 18.4 Å². The van der Waals surface area contributed by atoms with Gasteiger partial charge in [0.25, 0.3) is 0 Å². The highest BCUT2D eigenvalue weighted by Gasteiger charge is 2.34. The molecular weight excluding hydrogens is 393 g/mol. The number of rotatable bonds is 4. The van der Waals surface area contributed by atoms with Crippen molar-refractivity contribution in [3.05, 3.63) is 60.2 Å². The van der Waals surface area contributed by atoms with Crippen LogP contribution < -0.4 is 5.32 Å². The van der Waals surface area contributed by atoms with E-state index in [-0.39, 0.29) is 17.1 Å². The predicted molar refractivity (Wildman–Crippen MR) is 98.0 cm³/mol. The minimum atomic E-state index is -4.51. The van der Waals surface area contributed by atoms with Gasteiger partial charge in [0.15, 0.2) is 0 Å². The Morgan fingerprint density at radius 3 is 2.46 bits per heavy atom. The third kappa shape index (κ3) is 4.53. The number of piperidine rings is 1. The SMILES string of the molecule is O=C(Nc1cccc(C(F)(F)F)c1)[C@H]1CCCN(S(=O)(=O)c2ccccc2)C1. The number of amides is 1. The van der Waals surface area contributed by atoms with E-state index in [1.54, 1.807) is 18.2 Å². The zero-order chi connectivity index (χ0) is 20.4. The van der Waals surface area contributed by atoms with Crippen LogP contribution in [0.15, 0.2) is 59.5 Å². The highest BCUT2D eigenvalue weighted by molar-refractivity contribution is 7.89. The van der Waals surface area contributed by atoms with Gasteiger partial charge in [0.2, 0.25) is 15.9 Å². The lowest BCUT2D eigenvalue weighted by atomic mass is 9.98. The Morgan fingerprint density at radius 1 is 1.07 bits per heavy atom. The molecule has 1 saturated heterocycles. The van der Waals surface area contributed by atoms with Crippen LogP contribution in [0.1, 0.15) is 18.4 Å². The molecule has 150 valence electrons. The highest BCUT2D eigenvalue weighted by atomic mass is 32.2. The third-order valence-electron chi connectivity index (χ3n) is 4.59. The van der Waals surface area contributed by atoms with Gasteiger partial charge in [-0.1, -0.05) is 24.3 Å². The minimum absolute atomic E-state index is 0.0119. The van der Waals surface area contributed by atoms with Gasteiger partial charge in [0.05, 0.1) is 16.4 Å². The maximum atomic E-state index is 12.8. The average molecular weight is 412 g/mol. The van der Waals surface area contributed by atoms with Gasteiger partial charge >= 0.3 is 6.18 Å². The molecule has 1 atom stereocenters. The van der Waals surface area contributed by atoms with Crippen LogP contribution in [-0.4, -0.2) is 31.7 Å². The molecule has 1 aliphatic rings. The quantitative estimate of drug-likeness (QED) is 0.832. The maximum absolute atomic E-state index is 12.8. The first-order valence-electron chi connectivity index (χ1n) is 8.71. The van der Waals surface area contributed by atoms with E-state index in [0.717, 1.165) is 12.1 Å². The molecule has 0 radical (unpaired) electrons. The van der Waals surface area contributed by atoms with E-state index in [4.69, 9.17) is 0 Å². The molecule has 3 rings (SSSR count). The summed E-state index contributed by atoms with van der Waals surface area (Å²) in [4.78, 5) is 12.7. The fourth-order valence-corrected chi connectivity index (χ4v) is 4.68. The Bertz CT molecular complexity index is 946. The van der Waals surface area contributed by atoms with Crippen molar-refractivity contribution < 1.29 is 26.4 Å². The van der Waals surface area contributed by atoms with E-state index in [9.17, 15) is 26.4 Å². The largest absolute Gasteiger partial charge is 0.416 e. The molecule has 0 aliphatic carbocycles. The number of carbonyl (C=O) groups excluding carboxylic acids is 1. The lowest BCUT2D eigenvalue weighted by Gasteiger charge is -2.31. The smallest absolute Gasteiger partial charge is 0.326 e. The van der Waals surface area contributed by atoms with E-state index < -0.39 is 33.6 Å². The van der Waals surface area contributed by atoms with E-state index in [1.807, 2.05) is 0 Å². The summed E-state index contributed by atoms with van der Waals surface area (Å²) in [6.45, 7) is 0.284. The molecule has 1 heterocycles. The van der Waals surface area contributed by atoms with Gasteiger partial charge in [-0.25, -0.2) is 8.42 Å². The summed E-state index contributed by atoms with van der Waals surface area (Å²) >= 11 is 0.